The van der Waals surface area contributed by atoms with Gasteiger partial charge in [0.2, 0.25) is 5.91 Å². The fourth-order valence-electron chi connectivity index (χ4n) is 4.46. The lowest BCUT2D eigenvalue weighted by atomic mass is 9.56. The average Bonchev–Trinajstić information content (AvgIpc) is 2.64. The molecule has 0 radical (unpaired) electrons. The Labute approximate surface area is 178 Å². The van der Waals surface area contributed by atoms with Crippen LogP contribution in [0.4, 0.5) is 0 Å². The van der Waals surface area contributed by atoms with E-state index in [0.717, 1.165) is 25.7 Å². The summed E-state index contributed by atoms with van der Waals surface area (Å²) in [5.74, 6) is 4.12. The minimum absolute atomic E-state index is 0.0110. The van der Waals surface area contributed by atoms with Gasteiger partial charge in [0.1, 0.15) is 0 Å². The molecule has 1 saturated carbocycles. The van der Waals surface area contributed by atoms with E-state index in [-0.39, 0.29) is 17.2 Å². The molecule has 29 heavy (non-hydrogen) atoms. The van der Waals surface area contributed by atoms with Crippen molar-refractivity contribution in [2.75, 3.05) is 19.6 Å². The molecule has 154 valence electrons. The zero-order valence-electron chi connectivity index (χ0n) is 16.5. The molecule has 1 saturated heterocycles. The molecule has 6 heteroatoms. The maximum Gasteiger partial charge on any atom is 0.223 e. The van der Waals surface area contributed by atoms with Crippen molar-refractivity contribution in [3.8, 4) is 0 Å². The van der Waals surface area contributed by atoms with Gasteiger partial charge in [-0.3, -0.25) is 4.79 Å². The summed E-state index contributed by atoms with van der Waals surface area (Å²) in [6.45, 7) is 1.97. The number of nitrogens with one attached hydrogen (secondary N) is 1. The van der Waals surface area contributed by atoms with E-state index >= 15 is 0 Å². The second-order valence-electron chi connectivity index (χ2n) is 8.20. The highest BCUT2D eigenvalue weighted by atomic mass is 35.5. The van der Waals surface area contributed by atoms with Crippen molar-refractivity contribution >= 4 is 33.1 Å². The number of benzene rings is 2. The number of carbonyl (C=O) groups excluding carboxylic acids is 1. The number of carbonyl (C=O) groups is 1. The van der Waals surface area contributed by atoms with Crippen molar-refractivity contribution in [2.24, 2.45) is 11.3 Å². The predicted octanol–water partition coefficient (Wildman–Crippen LogP) is 3.79. The number of aryl methyl sites for hydroxylation is 1. The summed E-state index contributed by atoms with van der Waals surface area (Å²) in [6, 6.07) is 17.5. The van der Waals surface area contributed by atoms with Crippen molar-refractivity contribution < 1.29 is 9.00 Å². The number of halogens is 1. The van der Waals surface area contributed by atoms with Crippen LogP contribution in [0, 0.1) is 11.3 Å². The molecule has 1 N–H and O–H groups in total. The molecule has 2 atom stereocenters. The molecule has 0 bridgehead atoms. The Hall–Kier alpha value is -1.82. The highest BCUT2D eigenvalue weighted by molar-refractivity contribution is 7.98. The van der Waals surface area contributed by atoms with Gasteiger partial charge in [-0.2, -0.15) is 0 Å². The highest BCUT2D eigenvalue weighted by Gasteiger charge is 2.58. The quantitative estimate of drug-likeness (QED) is 0.536. The summed E-state index contributed by atoms with van der Waals surface area (Å²) >= 11 is 6.24. The molecule has 1 aliphatic heterocycles. The van der Waals surface area contributed by atoms with Crippen LogP contribution in [-0.2, 0) is 20.9 Å². The molecule has 1 spiro atoms. The fraction of sp³-hybridized carbons (Fsp3) is 0.391. The van der Waals surface area contributed by atoms with E-state index in [1.165, 1.54) is 5.56 Å². The van der Waals surface area contributed by atoms with Gasteiger partial charge in [0.25, 0.3) is 0 Å². The number of rotatable bonds is 7. The Morgan fingerprint density at radius 3 is 2.52 bits per heavy atom. The van der Waals surface area contributed by atoms with Crippen LogP contribution in [0.15, 0.2) is 59.5 Å². The molecule has 1 aliphatic carbocycles. The summed E-state index contributed by atoms with van der Waals surface area (Å²) in [6.07, 6.45) is 3.80. The monoisotopic (exact) mass is 430 g/mol. The van der Waals surface area contributed by atoms with Crippen molar-refractivity contribution in [3.05, 3.63) is 65.2 Å². The van der Waals surface area contributed by atoms with E-state index in [4.69, 9.17) is 11.6 Å². The van der Waals surface area contributed by atoms with E-state index in [2.05, 4.69) is 23.3 Å². The van der Waals surface area contributed by atoms with Crippen LogP contribution < -0.4 is 5.32 Å². The van der Waals surface area contributed by atoms with Crippen LogP contribution in [0.1, 0.15) is 24.8 Å². The standard InChI is InChI=1S/C23H27ClN2O2S/c1-29(28,21-12-6-5-11-20(21)24)26-16-23(17-26)14-13-19(23)22(27)25-15-7-10-18-8-3-2-4-9-18/h2-6,8-9,11-12,19H,1,7,10,13-17H2,(H,25,27). The Morgan fingerprint density at radius 2 is 1.86 bits per heavy atom. The highest BCUT2D eigenvalue weighted by Crippen LogP contribution is 2.54. The first-order valence-electron chi connectivity index (χ1n) is 10.1. The molecule has 0 aromatic heterocycles. The molecule has 2 fully saturated rings. The van der Waals surface area contributed by atoms with Gasteiger partial charge in [-0.15, -0.1) is 0 Å². The van der Waals surface area contributed by atoms with Crippen molar-refractivity contribution in [1.82, 2.24) is 9.62 Å². The number of nitrogens with zero attached hydrogens (tertiary/aromatic N) is 1. The van der Waals surface area contributed by atoms with Crippen molar-refractivity contribution in [2.45, 2.75) is 30.6 Å². The van der Waals surface area contributed by atoms with Gasteiger partial charge in [0.15, 0.2) is 0 Å². The van der Waals surface area contributed by atoms with Crippen LogP contribution >= 0.6 is 11.6 Å². The molecule has 1 amide bonds. The summed E-state index contributed by atoms with van der Waals surface area (Å²) in [5.41, 5.74) is 1.24. The van der Waals surface area contributed by atoms with Crippen LogP contribution in [0.3, 0.4) is 0 Å². The Bertz CT molecular complexity index is 985. The molecular weight excluding hydrogens is 404 g/mol. The average molecular weight is 431 g/mol. The molecule has 2 aromatic rings. The first-order valence-corrected chi connectivity index (χ1v) is 12.2. The van der Waals surface area contributed by atoms with Crippen LogP contribution in [-0.4, -0.2) is 39.9 Å². The van der Waals surface area contributed by atoms with Crippen molar-refractivity contribution in [3.63, 3.8) is 0 Å². The Morgan fingerprint density at radius 1 is 1.17 bits per heavy atom. The largest absolute Gasteiger partial charge is 0.356 e. The van der Waals surface area contributed by atoms with Gasteiger partial charge in [-0.05, 0) is 49.2 Å². The Balaban J connectivity index is 1.29. The van der Waals surface area contributed by atoms with E-state index in [1.54, 1.807) is 12.1 Å². The first kappa shape index (κ1) is 20.5. The summed E-state index contributed by atoms with van der Waals surface area (Å²) in [7, 11) is -2.61. The molecule has 2 aromatic carbocycles. The van der Waals surface area contributed by atoms with E-state index in [0.29, 0.717) is 29.6 Å². The van der Waals surface area contributed by atoms with Crippen LogP contribution in [0.25, 0.3) is 0 Å². The smallest absolute Gasteiger partial charge is 0.223 e. The third kappa shape index (κ3) is 3.96. The molecule has 2 aliphatic rings. The minimum atomic E-state index is -2.61. The van der Waals surface area contributed by atoms with E-state index in [9.17, 15) is 9.00 Å². The zero-order valence-corrected chi connectivity index (χ0v) is 18.1. The molecule has 4 nitrogen and oxygen atoms in total. The minimum Gasteiger partial charge on any atom is -0.356 e. The topological polar surface area (TPSA) is 49.4 Å². The lowest BCUT2D eigenvalue weighted by Gasteiger charge is -2.60. The van der Waals surface area contributed by atoms with Gasteiger partial charge >= 0.3 is 0 Å². The summed E-state index contributed by atoms with van der Waals surface area (Å²) in [4.78, 5) is 13.3. The molecule has 1 heterocycles. The Kier molecular flexibility index (Phi) is 5.74. The third-order valence-corrected chi connectivity index (χ3v) is 8.93. The van der Waals surface area contributed by atoms with Gasteiger partial charge in [0.05, 0.1) is 19.6 Å². The predicted molar refractivity (Wildman–Crippen MR) is 119 cm³/mol. The zero-order chi connectivity index (χ0) is 20.5. The normalized spacial score (nSPS) is 22.3. The van der Waals surface area contributed by atoms with Crippen molar-refractivity contribution in [1.29, 1.82) is 0 Å². The van der Waals surface area contributed by atoms with E-state index in [1.807, 2.05) is 34.6 Å². The number of hydrogen-bond donors (Lipinski definition) is 1. The van der Waals surface area contributed by atoms with E-state index < -0.39 is 9.71 Å². The SMILES string of the molecule is C=S(=O)(c1ccccc1Cl)N1CC2(CCC2C(=O)NCCCc2ccccc2)C1. The number of hydrogen-bond acceptors (Lipinski definition) is 2. The second kappa shape index (κ2) is 8.13. The number of amides is 1. The summed E-state index contributed by atoms with van der Waals surface area (Å²) in [5, 5.41) is 3.59. The van der Waals surface area contributed by atoms with Gasteiger partial charge in [0, 0.05) is 31.0 Å². The molecule has 2 unspecified atom stereocenters. The lowest BCUT2D eigenvalue weighted by Crippen LogP contribution is -2.68. The maximum atomic E-state index is 13.3. The maximum absolute atomic E-state index is 13.3. The van der Waals surface area contributed by atoms with Gasteiger partial charge < -0.3 is 5.32 Å². The van der Waals surface area contributed by atoms with Crippen LogP contribution in [0.5, 0.6) is 0 Å². The lowest BCUT2D eigenvalue weighted by molar-refractivity contribution is -0.146. The second-order valence-corrected chi connectivity index (χ2v) is 10.8. The van der Waals surface area contributed by atoms with Crippen LogP contribution in [0.2, 0.25) is 5.02 Å². The summed E-state index contributed by atoms with van der Waals surface area (Å²) < 4.78 is 15.2. The third-order valence-electron chi connectivity index (χ3n) is 6.35. The molecular formula is C23H27ClN2O2S. The fourth-order valence-corrected chi connectivity index (χ4v) is 6.83. The van der Waals surface area contributed by atoms with Gasteiger partial charge in [-0.1, -0.05) is 54.1 Å². The van der Waals surface area contributed by atoms with Gasteiger partial charge in [-0.25, -0.2) is 8.51 Å². The first-order chi connectivity index (χ1) is 13.9. The molecule has 4 rings (SSSR count).